The molecule has 2 rings (SSSR count). The maximum atomic E-state index is 5.36. The van der Waals surface area contributed by atoms with Gasteiger partial charge >= 0.3 is 0 Å². The molecule has 90 valence electrons. The van der Waals surface area contributed by atoms with Gasteiger partial charge in [-0.05, 0) is 24.6 Å². The number of benzene rings is 1. The van der Waals surface area contributed by atoms with E-state index in [1.807, 2.05) is 13.0 Å². The van der Waals surface area contributed by atoms with Crippen LogP contribution in [0.15, 0.2) is 29.1 Å². The fraction of sp³-hybridized carbons (Fsp3) is 0.250. The van der Waals surface area contributed by atoms with Gasteiger partial charge in [-0.25, -0.2) is 4.98 Å². The van der Waals surface area contributed by atoms with Crippen LogP contribution in [-0.4, -0.2) is 17.1 Å². The lowest BCUT2D eigenvalue weighted by molar-refractivity contribution is 0.416. The Hall–Kier alpha value is -1.49. The summed E-state index contributed by atoms with van der Waals surface area (Å²) in [6, 6.07) is 4.00. The number of methoxy groups -OCH3 is 1. The zero-order chi connectivity index (χ0) is 12.3. The van der Waals surface area contributed by atoms with Crippen molar-refractivity contribution < 1.29 is 4.74 Å². The van der Waals surface area contributed by atoms with Crippen LogP contribution in [0.1, 0.15) is 11.3 Å². The predicted octanol–water partition coefficient (Wildman–Crippen LogP) is 3.10. The van der Waals surface area contributed by atoms with E-state index in [1.165, 1.54) is 0 Å². The summed E-state index contributed by atoms with van der Waals surface area (Å²) in [6.45, 7) is 2.74. The smallest absolute Gasteiger partial charge is 0.143 e. The second-order valence-electron chi connectivity index (χ2n) is 3.73. The normalized spacial score (nSPS) is 10.3. The summed E-state index contributed by atoms with van der Waals surface area (Å²) in [7, 11) is 1.67. The first-order chi connectivity index (χ1) is 8.20. The Labute approximate surface area is 109 Å². The molecule has 1 aromatic carbocycles. The highest BCUT2D eigenvalue weighted by atomic mass is 79.9. The van der Waals surface area contributed by atoms with Gasteiger partial charge in [0.25, 0.3) is 0 Å². The van der Waals surface area contributed by atoms with E-state index < -0.39 is 0 Å². The second-order valence-corrected chi connectivity index (χ2v) is 4.65. The molecule has 0 saturated carbocycles. The van der Waals surface area contributed by atoms with Crippen LogP contribution in [0, 0.1) is 6.92 Å². The Balaban J connectivity index is 2.19. The van der Waals surface area contributed by atoms with Gasteiger partial charge < -0.3 is 15.0 Å². The highest BCUT2D eigenvalue weighted by Crippen LogP contribution is 2.32. The molecular weight excluding hydrogens is 282 g/mol. The highest BCUT2D eigenvalue weighted by molar-refractivity contribution is 9.10. The van der Waals surface area contributed by atoms with E-state index in [2.05, 4.69) is 37.3 Å². The minimum absolute atomic E-state index is 0.693. The summed E-state index contributed by atoms with van der Waals surface area (Å²) >= 11 is 3.45. The van der Waals surface area contributed by atoms with Gasteiger partial charge in [-0.1, -0.05) is 15.9 Å². The van der Waals surface area contributed by atoms with Crippen LogP contribution < -0.4 is 10.1 Å². The number of hydrogen-bond acceptors (Lipinski definition) is 3. The van der Waals surface area contributed by atoms with Gasteiger partial charge in [0.2, 0.25) is 0 Å². The lowest BCUT2D eigenvalue weighted by atomic mass is 10.2. The molecule has 0 spiro atoms. The van der Waals surface area contributed by atoms with Gasteiger partial charge in [-0.2, -0.15) is 0 Å². The first kappa shape index (κ1) is 12.0. The first-order valence-corrected chi connectivity index (χ1v) is 6.05. The van der Waals surface area contributed by atoms with Crippen LogP contribution in [0.3, 0.4) is 0 Å². The molecule has 0 amide bonds. The fourth-order valence-electron chi connectivity index (χ4n) is 1.66. The third kappa shape index (κ3) is 2.79. The largest absolute Gasteiger partial charge is 0.495 e. The average molecular weight is 296 g/mol. The number of nitrogens with zero attached hydrogens (tertiary/aromatic N) is 1. The molecule has 2 N–H and O–H groups in total. The number of aromatic nitrogens is 2. The van der Waals surface area contributed by atoms with Gasteiger partial charge in [-0.15, -0.1) is 0 Å². The number of hydrogen-bond donors (Lipinski definition) is 2. The van der Waals surface area contributed by atoms with Crippen molar-refractivity contribution in [1.29, 1.82) is 0 Å². The van der Waals surface area contributed by atoms with Gasteiger partial charge in [0, 0.05) is 10.7 Å². The molecule has 2 aromatic rings. The molecule has 1 aromatic heterocycles. The predicted molar refractivity (Wildman–Crippen MR) is 71.3 cm³/mol. The molecule has 0 radical (unpaired) electrons. The number of aromatic amines is 1. The summed E-state index contributed by atoms with van der Waals surface area (Å²) < 4.78 is 6.37. The molecule has 0 atom stereocenters. The Morgan fingerprint density at radius 2 is 2.29 bits per heavy atom. The number of anilines is 1. The zero-order valence-electron chi connectivity index (χ0n) is 9.75. The number of halogens is 1. The minimum atomic E-state index is 0.693. The van der Waals surface area contributed by atoms with Crippen LogP contribution >= 0.6 is 15.9 Å². The summed E-state index contributed by atoms with van der Waals surface area (Å²) in [6.07, 6.45) is 3.47. The molecule has 0 bridgehead atoms. The first-order valence-electron chi connectivity index (χ1n) is 5.26. The maximum Gasteiger partial charge on any atom is 0.143 e. The number of ether oxygens (including phenoxy) is 1. The Morgan fingerprint density at radius 1 is 1.47 bits per heavy atom. The number of H-pyrrole nitrogens is 1. The topological polar surface area (TPSA) is 49.9 Å². The van der Waals surface area contributed by atoms with E-state index in [1.54, 1.807) is 19.6 Å². The van der Waals surface area contributed by atoms with Crippen LogP contribution in [0.25, 0.3) is 0 Å². The number of aryl methyl sites for hydroxylation is 1. The van der Waals surface area contributed by atoms with Crippen molar-refractivity contribution in [3.05, 3.63) is 40.4 Å². The average Bonchev–Trinajstić information content (AvgIpc) is 2.79. The molecule has 0 aliphatic carbocycles. The maximum absolute atomic E-state index is 5.36. The zero-order valence-corrected chi connectivity index (χ0v) is 11.3. The fourth-order valence-corrected chi connectivity index (χ4v) is 2.22. The molecular formula is C12H14BrN3O. The lowest BCUT2D eigenvalue weighted by Gasteiger charge is -2.14. The molecule has 1 heterocycles. The van der Waals surface area contributed by atoms with Crippen LogP contribution in [0.5, 0.6) is 5.75 Å². The van der Waals surface area contributed by atoms with Crippen molar-refractivity contribution in [3.63, 3.8) is 0 Å². The van der Waals surface area contributed by atoms with Gasteiger partial charge in [-0.3, -0.25) is 0 Å². The lowest BCUT2D eigenvalue weighted by Crippen LogP contribution is -2.03. The van der Waals surface area contributed by atoms with E-state index >= 15 is 0 Å². The highest BCUT2D eigenvalue weighted by Gasteiger charge is 2.08. The number of nitrogens with one attached hydrogen (secondary N) is 2. The van der Waals surface area contributed by atoms with E-state index in [0.717, 1.165) is 27.2 Å². The van der Waals surface area contributed by atoms with Crippen molar-refractivity contribution in [2.75, 3.05) is 12.4 Å². The SMILES string of the molecule is COc1cc(Br)cc(C)c1NCc1cnc[nH]1. The third-order valence-electron chi connectivity index (χ3n) is 2.49. The minimum Gasteiger partial charge on any atom is -0.495 e. The molecule has 0 unspecified atom stereocenters. The Morgan fingerprint density at radius 3 is 2.94 bits per heavy atom. The van der Waals surface area contributed by atoms with Crippen molar-refractivity contribution in [2.45, 2.75) is 13.5 Å². The molecule has 0 aliphatic rings. The Kier molecular flexibility index (Phi) is 3.68. The molecule has 0 fully saturated rings. The number of rotatable bonds is 4. The van der Waals surface area contributed by atoms with E-state index in [4.69, 9.17) is 4.74 Å². The molecule has 0 saturated heterocycles. The Bertz CT molecular complexity index is 497. The van der Waals surface area contributed by atoms with Gasteiger partial charge in [0.05, 0.1) is 31.4 Å². The second kappa shape index (κ2) is 5.23. The molecule has 0 aliphatic heterocycles. The van der Waals surface area contributed by atoms with Crippen LogP contribution in [0.2, 0.25) is 0 Å². The standard InChI is InChI=1S/C12H14BrN3O/c1-8-3-9(13)4-11(17-2)12(8)15-6-10-5-14-7-16-10/h3-5,7,15H,6H2,1-2H3,(H,14,16). The van der Waals surface area contributed by atoms with E-state index in [0.29, 0.717) is 6.54 Å². The summed E-state index contributed by atoms with van der Waals surface area (Å²) in [5.41, 5.74) is 3.18. The van der Waals surface area contributed by atoms with Crippen molar-refractivity contribution in [3.8, 4) is 5.75 Å². The van der Waals surface area contributed by atoms with Crippen molar-refractivity contribution in [2.24, 2.45) is 0 Å². The quantitative estimate of drug-likeness (QED) is 0.911. The number of imidazole rings is 1. The van der Waals surface area contributed by atoms with Crippen molar-refractivity contribution in [1.82, 2.24) is 9.97 Å². The van der Waals surface area contributed by atoms with Gasteiger partial charge in [0.15, 0.2) is 0 Å². The van der Waals surface area contributed by atoms with E-state index in [-0.39, 0.29) is 0 Å². The molecule has 4 nitrogen and oxygen atoms in total. The summed E-state index contributed by atoms with van der Waals surface area (Å²) in [4.78, 5) is 7.03. The monoisotopic (exact) mass is 295 g/mol. The summed E-state index contributed by atoms with van der Waals surface area (Å²) in [5.74, 6) is 0.830. The molecule has 5 heteroatoms. The summed E-state index contributed by atoms with van der Waals surface area (Å²) in [5, 5.41) is 3.34. The van der Waals surface area contributed by atoms with Crippen molar-refractivity contribution >= 4 is 21.6 Å². The third-order valence-corrected chi connectivity index (χ3v) is 2.95. The van der Waals surface area contributed by atoms with Crippen LogP contribution in [-0.2, 0) is 6.54 Å². The van der Waals surface area contributed by atoms with Gasteiger partial charge in [0.1, 0.15) is 5.75 Å². The molecule has 17 heavy (non-hydrogen) atoms. The van der Waals surface area contributed by atoms with E-state index in [9.17, 15) is 0 Å². The van der Waals surface area contributed by atoms with Crippen LogP contribution in [0.4, 0.5) is 5.69 Å².